The van der Waals surface area contributed by atoms with Gasteiger partial charge in [0, 0.05) is 0 Å². The summed E-state index contributed by atoms with van der Waals surface area (Å²) in [6, 6.07) is 5.20. The van der Waals surface area contributed by atoms with Gasteiger partial charge in [-0.15, -0.1) is 0 Å². The van der Waals surface area contributed by atoms with Crippen LogP contribution in [0.25, 0.3) is 0 Å². The number of benzene rings is 1. The van der Waals surface area contributed by atoms with Crippen molar-refractivity contribution in [3.05, 3.63) is 29.3 Å². The molecule has 0 amide bonds. The topological polar surface area (TPSA) is 46.5 Å². The van der Waals surface area contributed by atoms with Crippen molar-refractivity contribution < 1.29 is 14.6 Å². The lowest BCUT2D eigenvalue weighted by Gasteiger charge is -2.23. The number of hydrogen-bond donors (Lipinski definition) is 1. The van der Waals surface area contributed by atoms with Gasteiger partial charge >= 0.3 is 5.97 Å². The molecule has 0 radical (unpaired) electrons. The van der Waals surface area contributed by atoms with Crippen molar-refractivity contribution in [2.45, 2.75) is 84.5 Å². The minimum Gasteiger partial charge on any atom is -0.493 e. The second kappa shape index (κ2) is 10.4. The average molecular weight is 335 g/mol. The van der Waals surface area contributed by atoms with Crippen molar-refractivity contribution in [1.29, 1.82) is 0 Å². The van der Waals surface area contributed by atoms with Crippen LogP contribution in [0, 0.1) is 0 Å². The molecule has 0 aliphatic heterocycles. The van der Waals surface area contributed by atoms with Gasteiger partial charge in [0.15, 0.2) is 0 Å². The Labute approximate surface area is 147 Å². The smallest absolute Gasteiger partial charge is 0.335 e. The van der Waals surface area contributed by atoms with Crippen molar-refractivity contribution in [3.8, 4) is 5.75 Å². The maximum absolute atomic E-state index is 11.2. The van der Waals surface area contributed by atoms with Gasteiger partial charge in [-0.05, 0) is 29.5 Å². The van der Waals surface area contributed by atoms with Crippen LogP contribution in [-0.2, 0) is 5.41 Å². The van der Waals surface area contributed by atoms with Crippen molar-refractivity contribution in [2.75, 3.05) is 6.61 Å². The lowest BCUT2D eigenvalue weighted by atomic mass is 9.86. The normalized spacial score (nSPS) is 11.5. The Balaban J connectivity index is 2.45. The minimum absolute atomic E-state index is 0.0638. The Morgan fingerprint density at radius 3 is 2.12 bits per heavy atom. The van der Waals surface area contributed by atoms with Gasteiger partial charge in [0.2, 0.25) is 0 Å². The predicted octanol–water partition coefficient (Wildman–Crippen LogP) is 6.20. The molecule has 1 N–H and O–H groups in total. The van der Waals surface area contributed by atoms with Crippen LogP contribution in [0.2, 0.25) is 0 Å². The van der Waals surface area contributed by atoms with Crippen molar-refractivity contribution in [1.82, 2.24) is 0 Å². The van der Waals surface area contributed by atoms with E-state index in [-0.39, 0.29) is 11.0 Å². The Morgan fingerprint density at radius 2 is 1.58 bits per heavy atom. The third kappa shape index (κ3) is 7.37. The summed E-state index contributed by atoms with van der Waals surface area (Å²) in [7, 11) is 0. The molecule has 1 aromatic rings. The van der Waals surface area contributed by atoms with E-state index in [9.17, 15) is 9.90 Å². The molecule has 0 saturated heterocycles. The van der Waals surface area contributed by atoms with Gasteiger partial charge in [-0.3, -0.25) is 0 Å². The van der Waals surface area contributed by atoms with Gasteiger partial charge in [-0.2, -0.15) is 0 Å². The van der Waals surface area contributed by atoms with Crippen LogP contribution in [0.15, 0.2) is 18.2 Å². The number of unbranched alkanes of at least 4 members (excludes halogenated alkanes) is 7. The number of aromatic carboxylic acids is 1. The summed E-state index contributed by atoms with van der Waals surface area (Å²) in [6.07, 6.45) is 10.1. The summed E-state index contributed by atoms with van der Waals surface area (Å²) >= 11 is 0. The number of carboxylic acids is 1. The van der Waals surface area contributed by atoms with E-state index >= 15 is 0 Å². The molecule has 0 aliphatic rings. The Kier molecular flexibility index (Phi) is 8.88. The number of rotatable bonds is 11. The number of ether oxygens (including phenoxy) is 1. The van der Waals surface area contributed by atoms with Gasteiger partial charge in [-0.25, -0.2) is 4.79 Å². The molecule has 0 atom stereocenters. The van der Waals surface area contributed by atoms with Gasteiger partial charge in [0.1, 0.15) is 5.75 Å². The SMILES string of the molecule is CCCCCCCCCCOc1cc(C(=O)O)ccc1C(C)(C)C. The summed E-state index contributed by atoms with van der Waals surface area (Å²) in [5.74, 6) is -0.197. The van der Waals surface area contributed by atoms with E-state index < -0.39 is 5.97 Å². The Hall–Kier alpha value is -1.51. The van der Waals surface area contributed by atoms with Crippen LogP contribution in [0.4, 0.5) is 0 Å². The quantitative estimate of drug-likeness (QED) is 0.490. The molecular formula is C21H34O3. The van der Waals surface area contributed by atoms with Crippen LogP contribution in [-0.4, -0.2) is 17.7 Å². The van der Waals surface area contributed by atoms with Gasteiger partial charge < -0.3 is 9.84 Å². The van der Waals surface area contributed by atoms with Crippen molar-refractivity contribution in [3.63, 3.8) is 0 Å². The molecule has 1 rings (SSSR count). The summed E-state index contributed by atoms with van der Waals surface area (Å²) in [5, 5.41) is 9.18. The van der Waals surface area contributed by atoms with Crippen LogP contribution < -0.4 is 4.74 Å². The highest BCUT2D eigenvalue weighted by molar-refractivity contribution is 5.88. The van der Waals surface area contributed by atoms with Crippen LogP contribution in [0.3, 0.4) is 0 Å². The first-order valence-corrected chi connectivity index (χ1v) is 9.37. The highest BCUT2D eigenvalue weighted by Crippen LogP contribution is 2.32. The molecule has 0 fully saturated rings. The Bertz CT molecular complexity index is 500. The molecule has 0 bridgehead atoms. The molecule has 0 aromatic heterocycles. The first-order valence-electron chi connectivity index (χ1n) is 9.37. The maximum atomic E-state index is 11.2. The van der Waals surface area contributed by atoms with E-state index in [1.807, 2.05) is 6.07 Å². The van der Waals surface area contributed by atoms with Gasteiger partial charge in [-0.1, -0.05) is 78.7 Å². The lowest BCUT2D eigenvalue weighted by molar-refractivity contribution is 0.0696. The van der Waals surface area contributed by atoms with E-state index in [4.69, 9.17) is 4.74 Å². The fraction of sp³-hybridized carbons (Fsp3) is 0.667. The monoisotopic (exact) mass is 334 g/mol. The van der Waals surface area contributed by atoms with E-state index in [1.54, 1.807) is 12.1 Å². The third-order valence-electron chi connectivity index (χ3n) is 4.29. The van der Waals surface area contributed by atoms with E-state index in [1.165, 1.54) is 44.9 Å². The highest BCUT2D eigenvalue weighted by atomic mass is 16.5. The first kappa shape index (κ1) is 20.5. The number of carbonyl (C=O) groups is 1. The van der Waals surface area contributed by atoms with E-state index in [2.05, 4.69) is 27.7 Å². The van der Waals surface area contributed by atoms with Crippen LogP contribution in [0.1, 0.15) is 95.0 Å². The van der Waals surface area contributed by atoms with Gasteiger partial charge in [0.05, 0.1) is 12.2 Å². The standard InChI is InChI=1S/C21H34O3/c1-5-6-7-8-9-10-11-12-15-24-19-16-17(20(22)23)13-14-18(19)21(2,3)4/h13-14,16H,5-12,15H2,1-4H3,(H,22,23). The Morgan fingerprint density at radius 1 is 1.00 bits per heavy atom. The summed E-state index contributed by atoms with van der Waals surface area (Å²) in [5.41, 5.74) is 1.28. The zero-order valence-electron chi connectivity index (χ0n) is 15.9. The predicted molar refractivity (Wildman–Crippen MR) is 100 cm³/mol. The summed E-state index contributed by atoms with van der Waals surface area (Å²) in [6.45, 7) is 9.24. The van der Waals surface area contributed by atoms with Crippen LogP contribution in [0.5, 0.6) is 5.75 Å². The zero-order chi connectivity index (χ0) is 18.0. The zero-order valence-corrected chi connectivity index (χ0v) is 15.9. The largest absolute Gasteiger partial charge is 0.493 e. The molecule has 24 heavy (non-hydrogen) atoms. The first-order chi connectivity index (χ1) is 11.4. The second-order valence-electron chi connectivity index (χ2n) is 7.59. The molecule has 0 saturated carbocycles. The molecule has 136 valence electrons. The maximum Gasteiger partial charge on any atom is 0.335 e. The average Bonchev–Trinajstić information content (AvgIpc) is 2.52. The fourth-order valence-corrected chi connectivity index (χ4v) is 2.81. The van der Waals surface area contributed by atoms with Gasteiger partial charge in [0.25, 0.3) is 0 Å². The molecule has 0 unspecified atom stereocenters. The minimum atomic E-state index is -0.910. The molecular weight excluding hydrogens is 300 g/mol. The second-order valence-corrected chi connectivity index (χ2v) is 7.59. The molecule has 0 spiro atoms. The summed E-state index contributed by atoms with van der Waals surface area (Å²) < 4.78 is 5.94. The number of carboxylic acid groups (broad SMARTS) is 1. The molecule has 3 nitrogen and oxygen atoms in total. The van der Waals surface area contributed by atoms with Crippen LogP contribution >= 0.6 is 0 Å². The number of hydrogen-bond acceptors (Lipinski definition) is 2. The lowest BCUT2D eigenvalue weighted by Crippen LogP contribution is -2.14. The molecule has 3 heteroatoms. The van der Waals surface area contributed by atoms with Crippen molar-refractivity contribution in [2.24, 2.45) is 0 Å². The van der Waals surface area contributed by atoms with E-state index in [0.717, 1.165) is 12.0 Å². The molecule has 0 aliphatic carbocycles. The molecule has 1 aromatic carbocycles. The summed E-state index contributed by atoms with van der Waals surface area (Å²) in [4.78, 5) is 11.2. The third-order valence-corrected chi connectivity index (χ3v) is 4.29. The van der Waals surface area contributed by atoms with E-state index in [0.29, 0.717) is 12.4 Å². The highest BCUT2D eigenvalue weighted by Gasteiger charge is 2.20. The molecule has 0 heterocycles. The van der Waals surface area contributed by atoms with Crippen molar-refractivity contribution >= 4 is 5.97 Å². The fourth-order valence-electron chi connectivity index (χ4n) is 2.81.